The minimum Gasteiger partial charge on any atom is -0.369 e. The Kier molecular flexibility index (Phi) is 9.23. The van der Waals surface area contributed by atoms with Crippen LogP contribution in [0.4, 0.5) is 26.1 Å². The van der Waals surface area contributed by atoms with Crippen molar-refractivity contribution in [3.8, 4) is 5.69 Å². The Balaban J connectivity index is 0.815. The average molecular weight is 824 g/mol. The maximum Gasteiger partial charge on any atom is 0.281 e. The zero-order valence-electron chi connectivity index (χ0n) is 31.3. The number of halogens is 3. The average Bonchev–Trinajstić information content (AvgIpc) is 3.41. The van der Waals surface area contributed by atoms with E-state index in [4.69, 9.17) is 0 Å². The molecule has 2 amide bonds. The van der Waals surface area contributed by atoms with Gasteiger partial charge in [-0.05, 0) is 102 Å². The molecule has 0 unspecified atom stereocenters. The van der Waals surface area contributed by atoms with E-state index < -0.39 is 34.6 Å². The molecule has 0 atom stereocenters. The maximum absolute atomic E-state index is 15.2. The Morgan fingerprint density at radius 2 is 1.52 bits per heavy atom. The van der Waals surface area contributed by atoms with Gasteiger partial charge in [-0.3, -0.25) is 23.9 Å². The molecule has 3 fully saturated rings. The van der Waals surface area contributed by atoms with Crippen LogP contribution >= 0.6 is 15.9 Å². The van der Waals surface area contributed by atoms with Gasteiger partial charge in [0, 0.05) is 86.8 Å². The van der Waals surface area contributed by atoms with Gasteiger partial charge in [0.25, 0.3) is 5.56 Å². The third-order valence-electron chi connectivity index (χ3n) is 11.9. The lowest BCUT2D eigenvalue weighted by molar-refractivity contribution is -0.129. The Morgan fingerprint density at radius 3 is 2.20 bits per heavy atom. The van der Waals surface area contributed by atoms with Crippen LogP contribution in [0.3, 0.4) is 0 Å². The third kappa shape index (κ3) is 6.26. The Bertz CT molecular complexity index is 2420. The van der Waals surface area contributed by atoms with Crippen LogP contribution in [-0.4, -0.2) is 75.5 Å². The lowest BCUT2D eigenvalue weighted by Gasteiger charge is -2.36. The quantitative estimate of drug-likeness (QED) is 0.175. The molecule has 288 valence electrons. The summed E-state index contributed by atoms with van der Waals surface area (Å²) in [6.45, 7) is 9.74. The van der Waals surface area contributed by atoms with Gasteiger partial charge in [0.2, 0.25) is 17.8 Å². The number of fused-ring (bicyclic) bond motifs is 5. The predicted molar refractivity (Wildman–Crippen MR) is 214 cm³/mol. The second kappa shape index (κ2) is 14.1. The Morgan fingerprint density at radius 1 is 0.839 bits per heavy atom. The molecule has 5 aromatic rings. The van der Waals surface area contributed by atoms with E-state index in [9.17, 15) is 14.4 Å². The number of rotatable bonds is 6. The molecule has 3 saturated heterocycles. The van der Waals surface area contributed by atoms with Crippen LogP contribution in [0.5, 0.6) is 0 Å². The van der Waals surface area contributed by atoms with Crippen LogP contribution < -0.4 is 20.3 Å². The number of nitrogens with zero attached hydrogens (tertiary/aromatic N) is 8. The molecule has 0 saturated carbocycles. The molecule has 4 aliphatic heterocycles. The molecule has 0 aliphatic carbocycles. The van der Waals surface area contributed by atoms with Gasteiger partial charge in [0.1, 0.15) is 11.5 Å². The van der Waals surface area contributed by atoms with Gasteiger partial charge in [-0.15, -0.1) is 0 Å². The second-order valence-corrected chi connectivity index (χ2v) is 16.6. The lowest BCUT2D eigenvalue weighted by Crippen LogP contribution is -2.46. The highest BCUT2D eigenvalue weighted by atomic mass is 79.9. The molecule has 0 N–H and O–H groups in total. The molecular formula is C42H41BrF2N8O3. The minimum absolute atomic E-state index is 0.0699. The fourth-order valence-corrected chi connectivity index (χ4v) is 9.43. The Labute approximate surface area is 331 Å². The molecule has 0 bridgehead atoms. The molecular weight excluding hydrogens is 782 g/mol. The van der Waals surface area contributed by atoms with E-state index in [0.717, 1.165) is 71.0 Å². The standard InChI is InChI=1S/C42H41BrF2N8O3/c1-42(2)29-10-9-28(21-34(29)52-33-6-3-5-30(43)37(33)39(56)48-40(42)52)50-17-15-49(16-18-50)24-25-22-46-41(47-23-25)51-13-11-26(12-14-51)27-19-31(44)38(32(45)20-27)53-35(54)7-4-8-36(53)55/h3,5-6,9-10,19-23,26H,4,7-8,11-18,24H2,1-2H3. The molecule has 4 aliphatic rings. The summed E-state index contributed by atoms with van der Waals surface area (Å²) in [5.74, 6) is -1.59. The van der Waals surface area contributed by atoms with Crippen molar-refractivity contribution in [2.45, 2.75) is 63.8 Å². The van der Waals surface area contributed by atoms with Crippen molar-refractivity contribution in [1.29, 1.82) is 0 Å². The number of hydrogen-bond acceptors (Lipinski definition) is 9. The van der Waals surface area contributed by atoms with Gasteiger partial charge in [0.05, 0.1) is 22.0 Å². The first kappa shape index (κ1) is 36.6. The van der Waals surface area contributed by atoms with Gasteiger partial charge >= 0.3 is 0 Å². The van der Waals surface area contributed by atoms with Crippen LogP contribution in [0, 0.1) is 11.6 Å². The summed E-state index contributed by atoms with van der Waals surface area (Å²) in [5.41, 5.74) is 4.57. The number of piperidine rings is 2. The zero-order chi connectivity index (χ0) is 38.9. The molecule has 0 radical (unpaired) electrons. The number of aromatic nitrogens is 4. The van der Waals surface area contributed by atoms with Crippen molar-refractivity contribution in [1.82, 2.24) is 24.4 Å². The van der Waals surface area contributed by atoms with Crippen LogP contribution in [0.25, 0.3) is 16.6 Å². The predicted octanol–water partition coefficient (Wildman–Crippen LogP) is 6.61. The molecule has 11 nitrogen and oxygen atoms in total. The van der Waals surface area contributed by atoms with Crippen LogP contribution in [0.2, 0.25) is 0 Å². The molecule has 0 spiro atoms. The summed E-state index contributed by atoms with van der Waals surface area (Å²) in [6.07, 6.45) is 5.68. The van der Waals surface area contributed by atoms with Gasteiger partial charge in [-0.1, -0.05) is 12.1 Å². The Hall–Kier alpha value is -5.08. The fraction of sp³-hybridized carbons (Fsp3) is 0.381. The SMILES string of the molecule is CC1(C)c2ccc(N3CCN(Cc4cnc(N5CCC(c6cc(F)c(N7C(=O)CCCC7=O)c(F)c6)CC5)nc4)CC3)cc2-n2c1nc(=O)c1c(Br)cccc12. The van der Waals surface area contributed by atoms with E-state index in [2.05, 4.69) is 82.2 Å². The summed E-state index contributed by atoms with van der Waals surface area (Å²) in [4.78, 5) is 59.2. The van der Waals surface area contributed by atoms with Crippen molar-refractivity contribution in [3.63, 3.8) is 0 Å². The van der Waals surface area contributed by atoms with E-state index in [-0.39, 0.29) is 24.3 Å². The first-order valence-electron chi connectivity index (χ1n) is 19.2. The fourth-order valence-electron chi connectivity index (χ4n) is 8.91. The summed E-state index contributed by atoms with van der Waals surface area (Å²) < 4.78 is 33.3. The molecule has 2 aromatic heterocycles. The van der Waals surface area contributed by atoms with Crippen LogP contribution in [0.15, 0.2) is 70.2 Å². The van der Waals surface area contributed by atoms with Crippen molar-refractivity contribution in [2.75, 3.05) is 54.0 Å². The van der Waals surface area contributed by atoms with Gasteiger partial charge in [-0.2, -0.15) is 4.98 Å². The van der Waals surface area contributed by atoms with Gasteiger partial charge in [-0.25, -0.2) is 23.6 Å². The number of benzene rings is 3. The van der Waals surface area contributed by atoms with Gasteiger partial charge < -0.3 is 9.80 Å². The zero-order valence-corrected chi connectivity index (χ0v) is 32.9. The van der Waals surface area contributed by atoms with Crippen molar-refractivity contribution < 1.29 is 18.4 Å². The van der Waals surface area contributed by atoms with Gasteiger partial charge in [0.15, 0.2) is 11.6 Å². The highest BCUT2D eigenvalue weighted by Gasteiger charge is 2.39. The monoisotopic (exact) mass is 822 g/mol. The molecule has 9 rings (SSSR count). The number of anilines is 3. The third-order valence-corrected chi connectivity index (χ3v) is 12.6. The van der Waals surface area contributed by atoms with E-state index in [1.165, 1.54) is 12.1 Å². The highest BCUT2D eigenvalue weighted by molar-refractivity contribution is 9.10. The number of hydrogen-bond donors (Lipinski definition) is 0. The molecule has 56 heavy (non-hydrogen) atoms. The molecule has 6 heterocycles. The molecule has 14 heteroatoms. The summed E-state index contributed by atoms with van der Waals surface area (Å²) in [6, 6.07) is 15.0. The van der Waals surface area contributed by atoms with E-state index in [1.807, 2.05) is 30.6 Å². The van der Waals surface area contributed by atoms with E-state index in [0.29, 0.717) is 54.1 Å². The van der Waals surface area contributed by atoms with Crippen molar-refractivity contribution in [3.05, 3.63) is 110 Å². The van der Waals surface area contributed by atoms with E-state index in [1.54, 1.807) is 0 Å². The number of carbonyl (C=O) groups excluding carboxylic acids is 2. The summed E-state index contributed by atoms with van der Waals surface area (Å²) in [7, 11) is 0. The lowest BCUT2D eigenvalue weighted by atomic mass is 9.85. The van der Waals surface area contributed by atoms with Crippen LogP contribution in [-0.2, 0) is 21.5 Å². The number of imide groups is 1. The van der Waals surface area contributed by atoms with Crippen LogP contribution in [0.1, 0.15) is 74.4 Å². The van der Waals surface area contributed by atoms with E-state index >= 15 is 8.78 Å². The number of piperazine rings is 1. The first-order valence-corrected chi connectivity index (χ1v) is 20.0. The van der Waals surface area contributed by atoms with Crippen molar-refractivity contribution >= 4 is 56.0 Å². The minimum atomic E-state index is -0.884. The second-order valence-electron chi connectivity index (χ2n) is 15.8. The normalized spacial score (nSPS) is 18.8. The first-order chi connectivity index (χ1) is 27.0. The topological polar surface area (TPSA) is 108 Å². The molecule has 3 aromatic carbocycles. The number of amides is 2. The summed E-state index contributed by atoms with van der Waals surface area (Å²) >= 11 is 3.57. The highest BCUT2D eigenvalue weighted by Crippen LogP contribution is 2.44. The smallest absolute Gasteiger partial charge is 0.281 e. The maximum atomic E-state index is 15.2. The largest absolute Gasteiger partial charge is 0.369 e. The van der Waals surface area contributed by atoms with Crippen molar-refractivity contribution in [2.24, 2.45) is 0 Å². The number of carbonyl (C=O) groups is 2. The summed E-state index contributed by atoms with van der Waals surface area (Å²) in [5, 5.41) is 0.586.